The van der Waals surface area contributed by atoms with Crippen LogP contribution in [-0.4, -0.2) is 46.9 Å². The summed E-state index contributed by atoms with van der Waals surface area (Å²) in [6.45, 7) is 5.13. The molecule has 10 heteroatoms. The number of sulfonamides is 1. The molecule has 1 N–H and O–H groups in total. The molecule has 1 saturated heterocycles. The predicted octanol–water partition coefficient (Wildman–Crippen LogP) is 3.05. The van der Waals surface area contributed by atoms with Crippen molar-refractivity contribution in [3.05, 3.63) is 54.4 Å². The monoisotopic (exact) mass is 441 g/mol. The van der Waals surface area contributed by atoms with Gasteiger partial charge in [-0.2, -0.15) is 4.31 Å². The van der Waals surface area contributed by atoms with Crippen LogP contribution in [0.4, 0.5) is 6.01 Å². The molecule has 31 heavy (non-hydrogen) atoms. The second-order valence-electron chi connectivity index (χ2n) is 7.90. The van der Waals surface area contributed by atoms with E-state index < -0.39 is 15.9 Å². The fraction of sp³-hybridized carbons (Fsp3) is 0.333. The Bertz CT molecular complexity index is 1150. The van der Waals surface area contributed by atoms with Crippen molar-refractivity contribution in [2.45, 2.75) is 25.2 Å². The molecule has 0 unspecified atom stereocenters. The van der Waals surface area contributed by atoms with Crippen molar-refractivity contribution in [1.82, 2.24) is 19.5 Å². The fourth-order valence-corrected chi connectivity index (χ4v) is 5.46. The Balaban J connectivity index is 1.45. The van der Waals surface area contributed by atoms with E-state index in [9.17, 15) is 13.2 Å². The third kappa shape index (κ3) is 4.64. The summed E-state index contributed by atoms with van der Waals surface area (Å²) in [5.74, 6) is 0.379. The quantitative estimate of drug-likeness (QED) is 0.646. The number of piperidine rings is 1. The number of anilines is 1. The number of carbonyl (C=O) groups excluding carboxylic acids is 1. The summed E-state index contributed by atoms with van der Waals surface area (Å²) < 4.78 is 32.9. The molecule has 1 amide bonds. The van der Waals surface area contributed by atoms with E-state index in [1.54, 1.807) is 24.5 Å². The van der Waals surface area contributed by atoms with Crippen LogP contribution in [0.25, 0.3) is 11.5 Å². The Morgan fingerprint density at radius 2 is 1.81 bits per heavy atom. The van der Waals surface area contributed by atoms with Crippen molar-refractivity contribution in [1.29, 1.82) is 0 Å². The number of hydrogen-bond donors (Lipinski definition) is 1. The number of carbonyl (C=O) groups is 1. The summed E-state index contributed by atoms with van der Waals surface area (Å²) in [4.78, 5) is 16.6. The molecule has 3 heterocycles. The van der Waals surface area contributed by atoms with Gasteiger partial charge in [-0.25, -0.2) is 8.42 Å². The lowest BCUT2D eigenvalue weighted by atomic mass is 9.94. The van der Waals surface area contributed by atoms with Gasteiger partial charge in [0.1, 0.15) is 0 Å². The molecule has 0 radical (unpaired) electrons. The summed E-state index contributed by atoms with van der Waals surface area (Å²) in [6.07, 6.45) is 4.21. The Morgan fingerprint density at radius 3 is 2.45 bits per heavy atom. The minimum atomic E-state index is -3.60. The highest BCUT2D eigenvalue weighted by molar-refractivity contribution is 7.89. The van der Waals surface area contributed by atoms with Crippen LogP contribution >= 0.6 is 0 Å². The molecule has 2 atom stereocenters. The minimum absolute atomic E-state index is 0.0585. The first-order valence-electron chi connectivity index (χ1n) is 9.98. The van der Waals surface area contributed by atoms with Gasteiger partial charge in [-0.05, 0) is 54.7 Å². The van der Waals surface area contributed by atoms with E-state index in [1.807, 2.05) is 0 Å². The molecule has 1 aromatic carbocycles. The SMILES string of the molecule is C[C@@H]1C[C@H](C)CN(S(=O)(=O)c2ccc(C(=O)Nc3nnc(-c4cccnc4)o3)cc2)C1. The van der Waals surface area contributed by atoms with E-state index in [-0.39, 0.29) is 22.4 Å². The molecule has 0 saturated carbocycles. The second-order valence-corrected chi connectivity index (χ2v) is 9.84. The van der Waals surface area contributed by atoms with E-state index in [1.165, 1.54) is 28.6 Å². The Morgan fingerprint density at radius 1 is 1.10 bits per heavy atom. The molecule has 9 nitrogen and oxygen atoms in total. The standard InChI is InChI=1S/C21H23N5O4S/c1-14-10-15(2)13-26(12-14)31(28,29)18-7-5-16(6-8-18)19(27)23-21-25-24-20(30-21)17-4-3-9-22-11-17/h3-9,11,14-15H,10,12-13H2,1-2H3,(H,23,25,27)/t14-,15+. The zero-order chi connectivity index (χ0) is 22.0. The van der Waals surface area contributed by atoms with Crippen molar-refractivity contribution in [3.63, 3.8) is 0 Å². The minimum Gasteiger partial charge on any atom is -0.403 e. The third-order valence-electron chi connectivity index (χ3n) is 5.14. The first-order valence-corrected chi connectivity index (χ1v) is 11.4. The lowest BCUT2D eigenvalue weighted by Crippen LogP contribution is -2.42. The maximum atomic E-state index is 13.0. The van der Waals surface area contributed by atoms with Gasteiger partial charge in [-0.15, -0.1) is 5.10 Å². The maximum absolute atomic E-state index is 13.0. The van der Waals surface area contributed by atoms with Crippen LogP contribution in [0.1, 0.15) is 30.6 Å². The van der Waals surface area contributed by atoms with Crippen LogP contribution in [0, 0.1) is 11.8 Å². The number of hydrogen-bond acceptors (Lipinski definition) is 7. The van der Waals surface area contributed by atoms with Gasteiger partial charge in [0.15, 0.2) is 0 Å². The van der Waals surface area contributed by atoms with Gasteiger partial charge in [0.2, 0.25) is 10.0 Å². The first kappa shape index (κ1) is 21.1. The molecule has 0 spiro atoms. The Kier molecular flexibility index (Phi) is 5.84. The lowest BCUT2D eigenvalue weighted by molar-refractivity contribution is 0.102. The lowest BCUT2D eigenvalue weighted by Gasteiger charge is -2.34. The zero-order valence-electron chi connectivity index (χ0n) is 17.2. The third-order valence-corrected chi connectivity index (χ3v) is 6.99. The number of benzene rings is 1. The number of nitrogens with zero attached hydrogens (tertiary/aromatic N) is 4. The molecule has 0 aliphatic carbocycles. The number of rotatable bonds is 5. The van der Waals surface area contributed by atoms with E-state index in [0.29, 0.717) is 30.5 Å². The largest absolute Gasteiger partial charge is 0.403 e. The average molecular weight is 442 g/mol. The molecule has 3 aromatic rings. The molecule has 1 fully saturated rings. The van der Waals surface area contributed by atoms with E-state index in [4.69, 9.17) is 4.42 Å². The van der Waals surface area contributed by atoms with Crippen molar-refractivity contribution in [2.75, 3.05) is 18.4 Å². The predicted molar refractivity (Wildman–Crippen MR) is 114 cm³/mol. The van der Waals surface area contributed by atoms with Crippen molar-refractivity contribution in [2.24, 2.45) is 11.8 Å². The molecule has 162 valence electrons. The second kappa shape index (κ2) is 8.56. The number of pyridine rings is 1. The molecule has 2 aromatic heterocycles. The maximum Gasteiger partial charge on any atom is 0.322 e. The normalized spacial score (nSPS) is 19.8. The molecule has 4 rings (SSSR count). The van der Waals surface area contributed by atoms with Gasteiger partial charge in [-0.3, -0.25) is 15.1 Å². The number of amides is 1. The summed E-state index contributed by atoms with van der Waals surface area (Å²) in [5.41, 5.74) is 0.909. The van der Waals surface area contributed by atoms with Gasteiger partial charge in [0.05, 0.1) is 10.5 Å². The van der Waals surface area contributed by atoms with Crippen LogP contribution in [-0.2, 0) is 10.0 Å². The van der Waals surface area contributed by atoms with Crippen LogP contribution in [0.5, 0.6) is 0 Å². The average Bonchev–Trinajstić information content (AvgIpc) is 3.22. The Labute approximate surface area is 180 Å². The fourth-order valence-electron chi connectivity index (χ4n) is 3.78. The molecular formula is C21H23N5O4S. The topological polar surface area (TPSA) is 118 Å². The molecule has 1 aliphatic rings. The summed E-state index contributed by atoms with van der Waals surface area (Å²) in [6, 6.07) is 9.27. The van der Waals surface area contributed by atoms with Gasteiger partial charge < -0.3 is 4.42 Å². The zero-order valence-corrected chi connectivity index (χ0v) is 18.0. The van der Waals surface area contributed by atoms with Gasteiger partial charge in [-0.1, -0.05) is 18.9 Å². The van der Waals surface area contributed by atoms with Crippen LogP contribution in [0.15, 0.2) is 58.1 Å². The van der Waals surface area contributed by atoms with Crippen LogP contribution < -0.4 is 5.32 Å². The van der Waals surface area contributed by atoms with E-state index in [2.05, 4.69) is 34.3 Å². The highest BCUT2D eigenvalue weighted by Crippen LogP contribution is 2.27. The van der Waals surface area contributed by atoms with Crippen molar-refractivity contribution < 1.29 is 17.6 Å². The Hall–Kier alpha value is -3.11. The summed E-state index contributed by atoms with van der Waals surface area (Å²) in [7, 11) is -3.60. The van der Waals surface area contributed by atoms with Crippen LogP contribution in [0.3, 0.4) is 0 Å². The van der Waals surface area contributed by atoms with Crippen LogP contribution in [0.2, 0.25) is 0 Å². The summed E-state index contributed by atoms with van der Waals surface area (Å²) in [5, 5.41) is 10.2. The number of aromatic nitrogens is 3. The molecule has 0 bridgehead atoms. The van der Waals surface area contributed by atoms with Gasteiger partial charge in [0.25, 0.3) is 11.8 Å². The highest BCUT2D eigenvalue weighted by Gasteiger charge is 2.31. The highest BCUT2D eigenvalue weighted by atomic mass is 32.2. The van der Waals surface area contributed by atoms with E-state index >= 15 is 0 Å². The molecular weight excluding hydrogens is 418 g/mol. The van der Waals surface area contributed by atoms with E-state index in [0.717, 1.165) is 6.42 Å². The first-order chi connectivity index (χ1) is 14.8. The molecule has 1 aliphatic heterocycles. The van der Waals surface area contributed by atoms with Gasteiger partial charge in [0, 0.05) is 31.0 Å². The van der Waals surface area contributed by atoms with Gasteiger partial charge >= 0.3 is 6.01 Å². The smallest absolute Gasteiger partial charge is 0.322 e. The number of nitrogens with one attached hydrogen (secondary N) is 1. The van der Waals surface area contributed by atoms with Crippen molar-refractivity contribution >= 4 is 21.9 Å². The summed E-state index contributed by atoms with van der Waals surface area (Å²) >= 11 is 0. The van der Waals surface area contributed by atoms with Crippen molar-refractivity contribution in [3.8, 4) is 11.5 Å².